The molecule has 0 aromatic heterocycles. The molecule has 1 aliphatic carbocycles. The summed E-state index contributed by atoms with van der Waals surface area (Å²) in [5.41, 5.74) is 0. The summed E-state index contributed by atoms with van der Waals surface area (Å²) in [6.07, 6.45) is -2.07. The first-order valence-corrected chi connectivity index (χ1v) is 7.30. The maximum absolute atomic E-state index is 12.9. The molecule has 3 unspecified atom stereocenters. The number of hydrogen-bond acceptors (Lipinski definition) is 2. The molecule has 2 N–H and O–H groups in total. The highest BCUT2D eigenvalue weighted by molar-refractivity contribution is 5.79. The van der Waals surface area contributed by atoms with E-state index in [9.17, 15) is 22.8 Å². The van der Waals surface area contributed by atoms with Crippen molar-refractivity contribution in [2.45, 2.75) is 51.6 Å². The molecular formula is C14H22F3NO3. The van der Waals surface area contributed by atoms with Crippen molar-refractivity contribution in [2.24, 2.45) is 17.8 Å². The minimum absolute atomic E-state index is 0.0115. The third-order valence-corrected chi connectivity index (χ3v) is 4.06. The molecule has 1 amide bonds. The Morgan fingerprint density at radius 2 is 1.90 bits per heavy atom. The van der Waals surface area contributed by atoms with Crippen molar-refractivity contribution in [3.05, 3.63) is 0 Å². The molecule has 21 heavy (non-hydrogen) atoms. The topological polar surface area (TPSA) is 66.4 Å². The molecule has 0 aromatic rings. The second-order valence-electron chi connectivity index (χ2n) is 5.71. The molecule has 1 fully saturated rings. The number of carboxylic acid groups (broad SMARTS) is 1. The Bertz CT molecular complexity index is 371. The predicted octanol–water partition coefficient (Wildman–Crippen LogP) is 2.97. The molecule has 0 heterocycles. The standard InChI is InChI=1S/C14H22F3NO3/c1-9(13(20)21)5-4-8-18-12(19)10-6-2-3-7-11(10)14(15,16)17/h9-11H,2-8H2,1H3,(H,18,19)(H,20,21). The molecule has 0 aliphatic heterocycles. The van der Waals surface area contributed by atoms with Gasteiger partial charge < -0.3 is 10.4 Å². The number of nitrogens with one attached hydrogen (secondary N) is 1. The smallest absolute Gasteiger partial charge is 0.392 e. The average molecular weight is 309 g/mol. The van der Waals surface area contributed by atoms with E-state index in [1.807, 2.05) is 0 Å². The molecule has 4 nitrogen and oxygen atoms in total. The lowest BCUT2D eigenvalue weighted by Crippen LogP contribution is -2.42. The normalized spacial score (nSPS) is 24.4. The van der Waals surface area contributed by atoms with Crippen molar-refractivity contribution in [1.82, 2.24) is 5.32 Å². The van der Waals surface area contributed by atoms with Crippen molar-refractivity contribution in [2.75, 3.05) is 6.54 Å². The summed E-state index contributed by atoms with van der Waals surface area (Å²) in [5.74, 6) is -4.54. The van der Waals surface area contributed by atoms with Gasteiger partial charge in [0.2, 0.25) is 5.91 Å². The molecule has 1 saturated carbocycles. The first-order chi connectivity index (χ1) is 9.73. The molecule has 0 bridgehead atoms. The van der Waals surface area contributed by atoms with Gasteiger partial charge in [-0.2, -0.15) is 13.2 Å². The van der Waals surface area contributed by atoms with Gasteiger partial charge in [-0.25, -0.2) is 0 Å². The lowest BCUT2D eigenvalue weighted by molar-refractivity contribution is -0.198. The molecular weight excluding hydrogens is 287 g/mol. The van der Waals surface area contributed by atoms with E-state index in [1.54, 1.807) is 6.92 Å². The van der Waals surface area contributed by atoms with Crippen LogP contribution in [-0.4, -0.2) is 29.7 Å². The van der Waals surface area contributed by atoms with Crippen molar-refractivity contribution in [3.8, 4) is 0 Å². The molecule has 1 aliphatic rings. The Balaban J connectivity index is 2.41. The first kappa shape index (κ1) is 17.8. The van der Waals surface area contributed by atoms with Crippen LogP contribution >= 0.6 is 0 Å². The van der Waals surface area contributed by atoms with Gasteiger partial charge in [-0.1, -0.05) is 19.8 Å². The number of carbonyl (C=O) groups excluding carboxylic acids is 1. The second-order valence-corrected chi connectivity index (χ2v) is 5.71. The third-order valence-electron chi connectivity index (χ3n) is 4.06. The summed E-state index contributed by atoms with van der Waals surface area (Å²) in [5, 5.41) is 11.2. The quantitative estimate of drug-likeness (QED) is 0.741. The molecule has 0 spiro atoms. The summed E-state index contributed by atoms with van der Waals surface area (Å²) in [4.78, 5) is 22.5. The molecule has 0 saturated heterocycles. The van der Waals surface area contributed by atoms with Crippen LogP contribution in [0.1, 0.15) is 45.4 Å². The van der Waals surface area contributed by atoms with Gasteiger partial charge in [0.25, 0.3) is 0 Å². The van der Waals surface area contributed by atoms with Crippen molar-refractivity contribution >= 4 is 11.9 Å². The number of carboxylic acids is 1. The average Bonchev–Trinajstić information content (AvgIpc) is 2.42. The number of hydrogen-bond donors (Lipinski definition) is 2. The van der Waals surface area contributed by atoms with E-state index in [-0.39, 0.29) is 19.4 Å². The van der Waals surface area contributed by atoms with Crippen molar-refractivity contribution in [1.29, 1.82) is 0 Å². The van der Waals surface area contributed by atoms with Crippen LogP contribution in [0.25, 0.3) is 0 Å². The van der Waals surface area contributed by atoms with Crippen LogP contribution in [0.2, 0.25) is 0 Å². The fourth-order valence-corrected chi connectivity index (χ4v) is 2.71. The highest BCUT2D eigenvalue weighted by Gasteiger charge is 2.47. The lowest BCUT2D eigenvalue weighted by Gasteiger charge is -2.32. The van der Waals surface area contributed by atoms with Gasteiger partial charge in [-0.3, -0.25) is 9.59 Å². The van der Waals surface area contributed by atoms with E-state index in [0.29, 0.717) is 25.7 Å². The van der Waals surface area contributed by atoms with Crippen molar-refractivity contribution in [3.63, 3.8) is 0 Å². The summed E-state index contributed by atoms with van der Waals surface area (Å²) >= 11 is 0. The molecule has 0 aromatic carbocycles. The Kier molecular flexibility index (Phi) is 6.48. The Morgan fingerprint density at radius 3 is 2.48 bits per heavy atom. The molecule has 0 radical (unpaired) electrons. The minimum Gasteiger partial charge on any atom is -0.481 e. The largest absolute Gasteiger partial charge is 0.481 e. The van der Waals surface area contributed by atoms with Crippen LogP contribution in [0, 0.1) is 17.8 Å². The van der Waals surface area contributed by atoms with Gasteiger partial charge in [0.05, 0.1) is 11.8 Å². The van der Waals surface area contributed by atoms with Crippen LogP contribution in [0.15, 0.2) is 0 Å². The summed E-state index contributed by atoms with van der Waals surface area (Å²) in [7, 11) is 0. The van der Waals surface area contributed by atoms with E-state index in [2.05, 4.69) is 5.32 Å². The van der Waals surface area contributed by atoms with Gasteiger partial charge in [-0.15, -0.1) is 0 Å². The maximum atomic E-state index is 12.9. The van der Waals surface area contributed by atoms with Crippen LogP contribution < -0.4 is 5.32 Å². The Hall–Kier alpha value is -1.27. The summed E-state index contributed by atoms with van der Waals surface area (Å²) < 4.78 is 38.7. The molecule has 7 heteroatoms. The van der Waals surface area contributed by atoms with E-state index >= 15 is 0 Å². The van der Waals surface area contributed by atoms with Gasteiger partial charge >= 0.3 is 12.1 Å². The van der Waals surface area contributed by atoms with Gasteiger partial charge in [0, 0.05) is 12.5 Å². The number of rotatable bonds is 6. The second kappa shape index (κ2) is 7.66. The highest BCUT2D eigenvalue weighted by Crippen LogP contribution is 2.41. The molecule has 122 valence electrons. The maximum Gasteiger partial charge on any atom is 0.392 e. The third kappa shape index (κ3) is 5.55. The van der Waals surface area contributed by atoms with Gasteiger partial charge in [0.1, 0.15) is 0 Å². The zero-order chi connectivity index (χ0) is 16.0. The number of amides is 1. The molecule has 3 atom stereocenters. The number of carbonyl (C=O) groups is 2. The first-order valence-electron chi connectivity index (χ1n) is 7.30. The zero-order valence-corrected chi connectivity index (χ0v) is 12.1. The minimum atomic E-state index is -4.33. The number of aliphatic carboxylic acids is 1. The van der Waals surface area contributed by atoms with Gasteiger partial charge in [0.15, 0.2) is 0 Å². The lowest BCUT2D eigenvalue weighted by atomic mass is 9.78. The predicted molar refractivity (Wildman–Crippen MR) is 70.5 cm³/mol. The van der Waals surface area contributed by atoms with E-state index in [1.165, 1.54) is 0 Å². The van der Waals surface area contributed by atoms with Crippen molar-refractivity contribution < 1.29 is 27.9 Å². The van der Waals surface area contributed by atoms with E-state index in [4.69, 9.17) is 5.11 Å². The SMILES string of the molecule is CC(CCCNC(=O)C1CCCCC1C(F)(F)F)C(=O)O. The van der Waals surface area contributed by atoms with Crippen LogP contribution in [-0.2, 0) is 9.59 Å². The highest BCUT2D eigenvalue weighted by atomic mass is 19.4. The van der Waals surface area contributed by atoms with Crippen LogP contribution in [0.4, 0.5) is 13.2 Å². The fraction of sp³-hybridized carbons (Fsp3) is 0.857. The van der Waals surface area contributed by atoms with E-state index < -0.39 is 35.8 Å². The summed E-state index contributed by atoms with van der Waals surface area (Å²) in [6, 6.07) is 0. The van der Waals surface area contributed by atoms with Crippen LogP contribution in [0.3, 0.4) is 0 Å². The van der Waals surface area contributed by atoms with Crippen LogP contribution in [0.5, 0.6) is 0 Å². The zero-order valence-electron chi connectivity index (χ0n) is 12.1. The monoisotopic (exact) mass is 309 g/mol. The Labute approximate surface area is 122 Å². The fourth-order valence-electron chi connectivity index (χ4n) is 2.71. The van der Waals surface area contributed by atoms with Gasteiger partial charge in [-0.05, 0) is 25.7 Å². The number of halogens is 3. The van der Waals surface area contributed by atoms with E-state index in [0.717, 1.165) is 0 Å². The number of alkyl halides is 3. The molecule has 1 rings (SSSR count). The summed E-state index contributed by atoms with van der Waals surface area (Å²) in [6.45, 7) is 1.78. The Morgan fingerprint density at radius 1 is 1.29 bits per heavy atom.